The topological polar surface area (TPSA) is 72.8 Å². The molecule has 100 valence electrons. The van der Waals surface area contributed by atoms with Gasteiger partial charge in [-0.2, -0.15) is 0 Å². The lowest BCUT2D eigenvalue weighted by Gasteiger charge is -2.09. The van der Waals surface area contributed by atoms with Crippen LogP contribution in [-0.2, 0) is 9.47 Å². The standard InChI is InChI=1S/C14H14O5/c1-3-8-18-13(16)10-6-5-7-11(15)12(10)14(17)19-9-4-2/h3-7,15H,1-2,8-9H2. The number of benzene rings is 1. The molecule has 1 aromatic carbocycles. The maximum atomic E-state index is 11.8. The van der Waals surface area contributed by atoms with Crippen molar-refractivity contribution in [1.82, 2.24) is 0 Å². The average Bonchev–Trinajstić information content (AvgIpc) is 2.41. The second-order valence-electron chi connectivity index (χ2n) is 3.47. The summed E-state index contributed by atoms with van der Waals surface area (Å²) in [4.78, 5) is 23.5. The van der Waals surface area contributed by atoms with Crippen molar-refractivity contribution in [1.29, 1.82) is 0 Å². The Kier molecular flexibility index (Phi) is 5.35. The second-order valence-corrected chi connectivity index (χ2v) is 3.47. The molecule has 0 saturated carbocycles. The highest BCUT2D eigenvalue weighted by molar-refractivity contribution is 6.05. The second kappa shape index (κ2) is 7.00. The molecule has 0 unspecified atom stereocenters. The maximum absolute atomic E-state index is 11.8. The minimum Gasteiger partial charge on any atom is -0.507 e. The predicted octanol–water partition coefficient (Wildman–Crippen LogP) is 2.08. The van der Waals surface area contributed by atoms with Crippen LogP contribution in [0.25, 0.3) is 0 Å². The summed E-state index contributed by atoms with van der Waals surface area (Å²) in [5, 5.41) is 9.68. The van der Waals surface area contributed by atoms with Crippen LogP contribution in [-0.4, -0.2) is 30.3 Å². The Morgan fingerprint density at radius 2 is 1.68 bits per heavy atom. The molecule has 0 fully saturated rings. The molecule has 0 aliphatic heterocycles. The summed E-state index contributed by atoms with van der Waals surface area (Å²) < 4.78 is 9.64. The van der Waals surface area contributed by atoms with Crippen LogP contribution in [0.2, 0.25) is 0 Å². The fraction of sp³-hybridized carbons (Fsp3) is 0.143. The Morgan fingerprint density at radius 3 is 2.26 bits per heavy atom. The number of phenolic OH excluding ortho intramolecular Hbond substituents is 1. The molecule has 0 saturated heterocycles. The number of esters is 2. The number of carbonyl (C=O) groups excluding carboxylic acids is 2. The van der Waals surface area contributed by atoms with Crippen molar-refractivity contribution >= 4 is 11.9 Å². The molecule has 19 heavy (non-hydrogen) atoms. The molecule has 1 N–H and O–H groups in total. The van der Waals surface area contributed by atoms with E-state index in [9.17, 15) is 14.7 Å². The first-order valence-corrected chi connectivity index (χ1v) is 5.49. The molecule has 0 amide bonds. The van der Waals surface area contributed by atoms with Gasteiger partial charge in [0.25, 0.3) is 0 Å². The number of aromatic hydroxyl groups is 1. The molecule has 1 rings (SSSR count). The van der Waals surface area contributed by atoms with Gasteiger partial charge in [0.1, 0.15) is 24.5 Å². The first-order chi connectivity index (χ1) is 9.11. The van der Waals surface area contributed by atoms with Crippen LogP contribution in [0, 0.1) is 0 Å². The summed E-state index contributed by atoms with van der Waals surface area (Å²) in [7, 11) is 0. The van der Waals surface area contributed by atoms with Crippen molar-refractivity contribution < 1.29 is 24.2 Å². The molecule has 5 nitrogen and oxygen atoms in total. The third-order valence-electron chi connectivity index (χ3n) is 2.13. The van der Waals surface area contributed by atoms with Crippen molar-refractivity contribution in [3.05, 3.63) is 54.6 Å². The predicted molar refractivity (Wildman–Crippen MR) is 69.1 cm³/mol. The van der Waals surface area contributed by atoms with Crippen LogP contribution >= 0.6 is 0 Å². The molecule has 0 aromatic heterocycles. The summed E-state index contributed by atoms with van der Waals surface area (Å²) in [6.45, 7) is 6.81. The van der Waals surface area contributed by atoms with Gasteiger partial charge in [0, 0.05) is 0 Å². The monoisotopic (exact) mass is 262 g/mol. The number of hydrogen-bond acceptors (Lipinski definition) is 5. The van der Waals surface area contributed by atoms with Crippen LogP contribution in [0.4, 0.5) is 0 Å². The van der Waals surface area contributed by atoms with E-state index in [2.05, 4.69) is 13.2 Å². The van der Waals surface area contributed by atoms with E-state index in [1.165, 1.54) is 30.4 Å². The Morgan fingerprint density at radius 1 is 1.11 bits per heavy atom. The first kappa shape index (κ1) is 14.5. The van der Waals surface area contributed by atoms with E-state index in [-0.39, 0.29) is 30.1 Å². The first-order valence-electron chi connectivity index (χ1n) is 5.49. The highest BCUT2D eigenvalue weighted by Gasteiger charge is 2.22. The van der Waals surface area contributed by atoms with Crippen LogP contribution in [0.5, 0.6) is 5.75 Å². The Hall–Kier alpha value is -2.56. The van der Waals surface area contributed by atoms with Crippen LogP contribution in [0.15, 0.2) is 43.5 Å². The fourth-order valence-electron chi connectivity index (χ4n) is 1.34. The Labute approximate surface area is 110 Å². The zero-order chi connectivity index (χ0) is 14.3. The molecule has 0 aliphatic carbocycles. The van der Waals surface area contributed by atoms with E-state index in [0.717, 1.165) is 0 Å². The van der Waals surface area contributed by atoms with E-state index in [4.69, 9.17) is 9.47 Å². The molecule has 1 aromatic rings. The van der Waals surface area contributed by atoms with E-state index in [1.807, 2.05) is 0 Å². The molecule has 0 heterocycles. The third kappa shape index (κ3) is 3.70. The Balaban J connectivity index is 3.07. The fourth-order valence-corrected chi connectivity index (χ4v) is 1.34. The SMILES string of the molecule is C=CCOC(=O)c1cccc(O)c1C(=O)OCC=C. The van der Waals surface area contributed by atoms with Gasteiger partial charge in [-0.1, -0.05) is 31.4 Å². The molecule has 0 aliphatic rings. The van der Waals surface area contributed by atoms with Gasteiger partial charge in [-0.25, -0.2) is 9.59 Å². The Bertz CT molecular complexity index is 505. The van der Waals surface area contributed by atoms with E-state index >= 15 is 0 Å². The van der Waals surface area contributed by atoms with Gasteiger partial charge in [0.05, 0.1) is 5.56 Å². The molecule has 5 heteroatoms. The number of hydrogen-bond donors (Lipinski definition) is 1. The van der Waals surface area contributed by atoms with Crippen LogP contribution in [0.3, 0.4) is 0 Å². The molecular weight excluding hydrogens is 248 g/mol. The van der Waals surface area contributed by atoms with Gasteiger partial charge >= 0.3 is 11.9 Å². The van der Waals surface area contributed by atoms with Gasteiger partial charge < -0.3 is 14.6 Å². The molecule has 0 spiro atoms. The van der Waals surface area contributed by atoms with E-state index < -0.39 is 11.9 Å². The highest BCUT2D eigenvalue weighted by atomic mass is 16.5. The number of phenols is 1. The quantitative estimate of drug-likeness (QED) is 0.627. The lowest BCUT2D eigenvalue weighted by atomic mass is 10.1. The normalized spacial score (nSPS) is 9.47. The zero-order valence-electron chi connectivity index (χ0n) is 10.3. The zero-order valence-corrected chi connectivity index (χ0v) is 10.3. The molecule has 0 atom stereocenters. The lowest BCUT2D eigenvalue weighted by molar-refractivity contribution is 0.0500. The largest absolute Gasteiger partial charge is 0.507 e. The summed E-state index contributed by atoms with van der Waals surface area (Å²) in [6, 6.07) is 4.09. The van der Waals surface area contributed by atoms with Crippen molar-refractivity contribution in [2.45, 2.75) is 0 Å². The van der Waals surface area contributed by atoms with Gasteiger partial charge in [0.2, 0.25) is 0 Å². The molecule has 0 bridgehead atoms. The van der Waals surface area contributed by atoms with Gasteiger partial charge in [-0.05, 0) is 12.1 Å². The van der Waals surface area contributed by atoms with Crippen molar-refractivity contribution in [2.75, 3.05) is 13.2 Å². The van der Waals surface area contributed by atoms with Gasteiger partial charge in [0.15, 0.2) is 0 Å². The van der Waals surface area contributed by atoms with Crippen molar-refractivity contribution in [2.24, 2.45) is 0 Å². The maximum Gasteiger partial charge on any atom is 0.343 e. The lowest BCUT2D eigenvalue weighted by Crippen LogP contribution is -2.14. The number of rotatable bonds is 6. The van der Waals surface area contributed by atoms with E-state index in [1.54, 1.807) is 0 Å². The average molecular weight is 262 g/mol. The van der Waals surface area contributed by atoms with Crippen LogP contribution < -0.4 is 0 Å². The van der Waals surface area contributed by atoms with Crippen LogP contribution in [0.1, 0.15) is 20.7 Å². The summed E-state index contributed by atoms with van der Waals surface area (Å²) in [5.41, 5.74) is -0.283. The van der Waals surface area contributed by atoms with Gasteiger partial charge in [-0.15, -0.1) is 0 Å². The third-order valence-corrected chi connectivity index (χ3v) is 2.13. The van der Waals surface area contributed by atoms with Crippen molar-refractivity contribution in [3.63, 3.8) is 0 Å². The summed E-state index contributed by atoms with van der Waals surface area (Å²) in [6.07, 6.45) is 2.78. The summed E-state index contributed by atoms with van der Waals surface area (Å²) >= 11 is 0. The highest BCUT2D eigenvalue weighted by Crippen LogP contribution is 2.22. The van der Waals surface area contributed by atoms with E-state index in [0.29, 0.717) is 0 Å². The minimum absolute atomic E-state index is 0.00956. The number of ether oxygens (including phenoxy) is 2. The van der Waals surface area contributed by atoms with Gasteiger partial charge in [-0.3, -0.25) is 0 Å². The minimum atomic E-state index is -0.816. The number of carbonyl (C=O) groups is 2. The summed E-state index contributed by atoms with van der Waals surface area (Å²) in [5.74, 6) is -1.90. The molecular formula is C14H14O5. The smallest absolute Gasteiger partial charge is 0.343 e. The molecule has 0 radical (unpaired) electrons. The van der Waals surface area contributed by atoms with Crippen molar-refractivity contribution in [3.8, 4) is 5.75 Å².